The van der Waals surface area contributed by atoms with E-state index < -0.39 is 5.60 Å². The molecule has 0 aliphatic heterocycles. The first-order valence-corrected chi connectivity index (χ1v) is 7.50. The van der Waals surface area contributed by atoms with Crippen molar-refractivity contribution in [3.05, 3.63) is 15.9 Å². The summed E-state index contributed by atoms with van der Waals surface area (Å²) < 4.78 is 14.7. The number of hydrogen-bond donors (Lipinski definition) is 0. The first-order valence-electron chi connectivity index (χ1n) is 7.41. The van der Waals surface area contributed by atoms with Gasteiger partial charge in [0, 0.05) is 14.4 Å². The second-order valence-electron chi connectivity index (χ2n) is 6.06. The molecule has 1 saturated carbocycles. The van der Waals surface area contributed by atoms with Crippen LogP contribution in [0.1, 0.15) is 46.4 Å². The SMILES string of the molecule is [2H]Cn1nc(CN(C(=O)OC(C)(C)C)C2CC2)c(Br)c1C#N. The molecule has 0 saturated heterocycles. The Kier molecular flexibility index (Phi) is 3.89. The molecule has 0 aromatic carbocycles. The number of nitriles is 1. The van der Waals surface area contributed by atoms with E-state index >= 15 is 0 Å². The van der Waals surface area contributed by atoms with Crippen molar-refractivity contribution in [2.24, 2.45) is 7.02 Å². The van der Waals surface area contributed by atoms with Gasteiger partial charge in [-0.05, 0) is 49.5 Å². The average Bonchev–Trinajstić information content (AvgIpc) is 3.19. The van der Waals surface area contributed by atoms with Gasteiger partial charge < -0.3 is 4.74 Å². The summed E-state index contributed by atoms with van der Waals surface area (Å²) in [4.78, 5) is 14.0. The summed E-state index contributed by atoms with van der Waals surface area (Å²) in [7, 11) is -0.142. The minimum absolute atomic E-state index is 0.142. The van der Waals surface area contributed by atoms with Gasteiger partial charge in [0.15, 0.2) is 5.69 Å². The molecule has 0 radical (unpaired) electrons. The van der Waals surface area contributed by atoms with Crippen LogP contribution in [0, 0.1) is 11.3 Å². The number of carbonyl (C=O) groups excluding carboxylic acids is 1. The van der Waals surface area contributed by atoms with E-state index in [-0.39, 0.29) is 25.7 Å². The molecule has 0 atom stereocenters. The van der Waals surface area contributed by atoms with Crippen molar-refractivity contribution < 1.29 is 10.9 Å². The number of ether oxygens (including phenoxy) is 1. The van der Waals surface area contributed by atoms with Gasteiger partial charge in [0.05, 0.1) is 16.7 Å². The Hall–Kier alpha value is -1.55. The number of aryl methyl sites for hydroxylation is 1. The van der Waals surface area contributed by atoms with Gasteiger partial charge in [0.2, 0.25) is 0 Å². The molecule has 2 rings (SSSR count). The van der Waals surface area contributed by atoms with E-state index in [1.54, 1.807) is 4.90 Å². The predicted octanol–water partition coefficient (Wildman–Crippen LogP) is 2.95. The highest BCUT2D eigenvalue weighted by Crippen LogP contribution is 2.31. The first kappa shape index (κ1) is 14.4. The van der Waals surface area contributed by atoms with Crippen LogP contribution >= 0.6 is 15.9 Å². The lowest BCUT2D eigenvalue weighted by atomic mass is 10.2. The quantitative estimate of drug-likeness (QED) is 0.835. The average molecular weight is 356 g/mol. The van der Waals surface area contributed by atoms with E-state index in [0.717, 1.165) is 12.8 Å². The van der Waals surface area contributed by atoms with E-state index in [9.17, 15) is 4.79 Å². The van der Waals surface area contributed by atoms with E-state index in [2.05, 4.69) is 21.0 Å². The number of amides is 1. The fourth-order valence-corrected chi connectivity index (χ4v) is 2.41. The van der Waals surface area contributed by atoms with Crippen LogP contribution in [-0.4, -0.2) is 32.4 Å². The normalized spacial score (nSPS) is 15.3. The van der Waals surface area contributed by atoms with Gasteiger partial charge in [0.1, 0.15) is 11.7 Å². The van der Waals surface area contributed by atoms with Crippen molar-refractivity contribution in [1.29, 1.82) is 5.26 Å². The molecular weight excluding hydrogens is 336 g/mol. The standard InChI is InChI=1S/C14H19BrN4O2/c1-14(2,3)21-13(20)19(9-5-6-9)8-10-12(15)11(7-16)18(4)17-10/h9H,5-6,8H2,1-4H3/i4D. The molecule has 114 valence electrons. The molecule has 0 spiro atoms. The van der Waals surface area contributed by atoms with Crippen LogP contribution in [-0.2, 0) is 18.3 Å². The van der Waals surface area contributed by atoms with Crippen molar-refractivity contribution >= 4 is 22.0 Å². The Bertz CT molecular complexity index is 614. The number of rotatable bonds is 3. The molecule has 21 heavy (non-hydrogen) atoms. The fraction of sp³-hybridized carbons (Fsp3) is 0.643. The Morgan fingerprint density at radius 2 is 2.33 bits per heavy atom. The van der Waals surface area contributed by atoms with E-state index in [1.165, 1.54) is 4.68 Å². The number of halogens is 1. The molecule has 1 aromatic heterocycles. The summed E-state index contributed by atoms with van der Waals surface area (Å²) in [5, 5.41) is 13.4. The van der Waals surface area contributed by atoms with Gasteiger partial charge in [-0.3, -0.25) is 9.58 Å². The smallest absolute Gasteiger partial charge is 0.410 e. The molecule has 0 N–H and O–H groups in total. The van der Waals surface area contributed by atoms with Crippen molar-refractivity contribution in [2.45, 2.75) is 51.8 Å². The molecule has 0 bridgehead atoms. The largest absolute Gasteiger partial charge is 0.444 e. The van der Waals surface area contributed by atoms with Crippen molar-refractivity contribution in [3.8, 4) is 6.07 Å². The van der Waals surface area contributed by atoms with Crippen LogP contribution in [0.25, 0.3) is 0 Å². The number of nitrogens with zero attached hydrogens (tertiary/aromatic N) is 4. The van der Waals surface area contributed by atoms with E-state index in [1.807, 2.05) is 26.8 Å². The summed E-state index contributed by atoms with van der Waals surface area (Å²) in [6.07, 6.45) is 1.52. The summed E-state index contributed by atoms with van der Waals surface area (Å²) in [6.45, 7) is 5.75. The van der Waals surface area contributed by atoms with Crippen LogP contribution in [0.4, 0.5) is 4.79 Å². The van der Waals surface area contributed by atoms with Gasteiger partial charge in [-0.15, -0.1) is 0 Å². The summed E-state index contributed by atoms with van der Waals surface area (Å²) in [5.41, 5.74) is 0.311. The second kappa shape index (κ2) is 5.68. The minimum atomic E-state index is -0.556. The molecule has 1 aliphatic carbocycles. The van der Waals surface area contributed by atoms with E-state index in [0.29, 0.717) is 15.9 Å². The van der Waals surface area contributed by atoms with Crippen LogP contribution in [0.15, 0.2) is 4.47 Å². The molecule has 1 amide bonds. The zero-order valence-corrected chi connectivity index (χ0v) is 14.0. The molecule has 0 unspecified atom stereocenters. The number of hydrogen-bond acceptors (Lipinski definition) is 4. The predicted molar refractivity (Wildman–Crippen MR) is 80.4 cm³/mol. The number of aromatic nitrogens is 2. The highest BCUT2D eigenvalue weighted by molar-refractivity contribution is 9.10. The summed E-state index contributed by atoms with van der Waals surface area (Å²) in [5.74, 6) is 0. The van der Waals surface area contributed by atoms with Gasteiger partial charge in [-0.25, -0.2) is 4.79 Å². The van der Waals surface area contributed by atoms with Gasteiger partial charge in [-0.2, -0.15) is 10.4 Å². The lowest BCUT2D eigenvalue weighted by Crippen LogP contribution is -2.38. The highest BCUT2D eigenvalue weighted by Gasteiger charge is 2.36. The maximum absolute atomic E-state index is 12.3. The van der Waals surface area contributed by atoms with Gasteiger partial charge >= 0.3 is 6.09 Å². The molecule has 1 heterocycles. The van der Waals surface area contributed by atoms with Crippen molar-refractivity contribution in [2.75, 3.05) is 0 Å². The van der Waals surface area contributed by atoms with Crippen molar-refractivity contribution in [1.82, 2.24) is 14.7 Å². The highest BCUT2D eigenvalue weighted by atomic mass is 79.9. The maximum atomic E-state index is 12.3. The summed E-state index contributed by atoms with van der Waals surface area (Å²) >= 11 is 3.34. The van der Waals surface area contributed by atoms with Crippen LogP contribution in [0.5, 0.6) is 0 Å². The number of carbonyl (C=O) groups is 1. The summed E-state index contributed by atoms with van der Waals surface area (Å²) in [6, 6.07) is 2.18. The Morgan fingerprint density at radius 3 is 2.76 bits per heavy atom. The van der Waals surface area contributed by atoms with Crippen LogP contribution in [0.3, 0.4) is 0 Å². The third-order valence-electron chi connectivity index (χ3n) is 3.00. The lowest BCUT2D eigenvalue weighted by molar-refractivity contribution is 0.0213. The molecule has 1 fully saturated rings. The topological polar surface area (TPSA) is 71.2 Å². The lowest BCUT2D eigenvalue weighted by Gasteiger charge is -2.27. The Labute approximate surface area is 134 Å². The minimum Gasteiger partial charge on any atom is -0.444 e. The van der Waals surface area contributed by atoms with Crippen LogP contribution < -0.4 is 0 Å². The molecule has 6 nitrogen and oxygen atoms in total. The zero-order chi connectivity index (χ0) is 16.5. The van der Waals surface area contributed by atoms with Crippen LogP contribution in [0.2, 0.25) is 0 Å². The van der Waals surface area contributed by atoms with Gasteiger partial charge in [0.25, 0.3) is 0 Å². The zero-order valence-electron chi connectivity index (χ0n) is 13.4. The monoisotopic (exact) mass is 355 g/mol. The maximum Gasteiger partial charge on any atom is 0.410 e. The van der Waals surface area contributed by atoms with E-state index in [4.69, 9.17) is 11.4 Å². The Morgan fingerprint density at radius 1 is 1.67 bits per heavy atom. The molecular formula is C14H19BrN4O2. The second-order valence-corrected chi connectivity index (χ2v) is 6.85. The fourth-order valence-electron chi connectivity index (χ4n) is 1.91. The third-order valence-corrected chi connectivity index (χ3v) is 3.84. The molecule has 1 aliphatic rings. The Balaban J connectivity index is 2.21. The molecule has 1 aromatic rings. The third kappa shape index (κ3) is 3.76. The molecule has 7 heteroatoms. The van der Waals surface area contributed by atoms with Crippen molar-refractivity contribution in [3.63, 3.8) is 0 Å². The first-order chi connectivity index (χ1) is 10.3. The van der Waals surface area contributed by atoms with Gasteiger partial charge in [-0.1, -0.05) is 0 Å².